The minimum atomic E-state index is 0.783. The van der Waals surface area contributed by atoms with Crippen molar-refractivity contribution in [1.29, 1.82) is 0 Å². The summed E-state index contributed by atoms with van der Waals surface area (Å²) in [7, 11) is 0. The van der Waals surface area contributed by atoms with Gasteiger partial charge in [-0.2, -0.15) is 0 Å². The van der Waals surface area contributed by atoms with E-state index in [1.54, 1.807) is 17.2 Å². The maximum Gasteiger partial charge on any atom is -0.0175 e. The summed E-state index contributed by atoms with van der Waals surface area (Å²) in [5.74, 6) is 4.28. The molecule has 2 aliphatic rings. The van der Waals surface area contributed by atoms with Gasteiger partial charge in [0, 0.05) is 0 Å². The zero-order valence-electron chi connectivity index (χ0n) is 21.4. The molecule has 0 radical (unpaired) electrons. The van der Waals surface area contributed by atoms with Gasteiger partial charge in [-0.1, -0.05) is 76.3 Å². The summed E-state index contributed by atoms with van der Waals surface area (Å²) in [4.78, 5) is 0. The van der Waals surface area contributed by atoms with Gasteiger partial charge in [0.15, 0.2) is 0 Å². The maximum absolute atomic E-state index is 4.41. The first-order valence-corrected chi connectivity index (χ1v) is 12.0. The lowest BCUT2D eigenvalue weighted by atomic mass is 9.68. The van der Waals surface area contributed by atoms with Gasteiger partial charge in [-0.05, 0) is 89.4 Å². The normalized spacial score (nSPS) is 19.9. The molecule has 3 atom stereocenters. The standard InChI is InChI=1S/C20H36.C4H8.C3H6.C2H4/c1-14(2)12-20(18(7)13-17(6)15(3)4)19-11-9-8-10-16(19)5;1-4-2-3-4;1-3-2;1-2/h14,18-20H,5,8-13H2,1-4,6-7H3;4H,2-3H2,1H3;3H,1H2,2H3;1-2H2. The molecule has 2 aliphatic carbocycles. The molecule has 0 heteroatoms. The number of hydrogen-bond donors (Lipinski definition) is 0. The smallest absolute Gasteiger partial charge is 0.0175 e. The first-order chi connectivity index (χ1) is 13.6. The second-order valence-electron chi connectivity index (χ2n) is 9.86. The van der Waals surface area contributed by atoms with Crippen molar-refractivity contribution in [3.8, 4) is 0 Å². The molecule has 0 amide bonds. The number of allylic oxidation sites excluding steroid dienone is 4. The summed E-state index contributed by atoms with van der Waals surface area (Å²) in [5, 5.41) is 0. The second kappa shape index (κ2) is 17.8. The Bertz CT molecular complexity index is 456. The van der Waals surface area contributed by atoms with Gasteiger partial charge in [0.2, 0.25) is 0 Å². The highest BCUT2D eigenvalue weighted by Crippen LogP contribution is 2.41. The van der Waals surface area contributed by atoms with Gasteiger partial charge >= 0.3 is 0 Å². The minimum Gasteiger partial charge on any atom is -0.106 e. The molecule has 2 rings (SSSR count). The molecule has 0 heterocycles. The molecule has 2 fully saturated rings. The summed E-state index contributed by atoms with van der Waals surface area (Å²) in [6, 6.07) is 0. The van der Waals surface area contributed by atoms with E-state index in [4.69, 9.17) is 0 Å². The molecule has 0 aromatic heterocycles. The third-order valence-electron chi connectivity index (χ3n) is 6.13. The van der Waals surface area contributed by atoms with Gasteiger partial charge in [-0.3, -0.25) is 0 Å². The van der Waals surface area contributed by atoms with E-state index in [1.165, 1.54) is 56.9 Å². The Morgan fingerprint density at radius 2 is 1.52 bits per heavy atom. The molecule has 0 nitrogen and oxygen atoms in total. The fourth-order valence-corrected chi connectivity index (χ4v) is 3.97. The van der Waals surface area contributed by atoms with Gasteiger partial charge in [0.1, 0.15) is 0 Å². The van der Waals surface area contributed by atoms with Crippen molar-refractivity contribution in [2.75, 3.05) is 0 Å². The van der Waals surface area contributed by atoms with Crippen LogP contribution in [0.4, 0.5) is 0 Å². The molecular formula is C29H54. The summed E-state index contributed by atoms with van der Waals surface area (Å²) >= 11 is 0. The summed E-state index contributed by atoms with van der Waals surface area (Å²) in [6.07, 6.45) is 12.8. The Hall–Kier alpha value is -1.04. The van der Waals surface area contributed by atoms with Crippen molar-refractivity contribution < 1.29 is 0 Å². The Morgan fingerprint density at radius 3 is 1.86 bits per heavy atom. The van der Waals surface area contributed by atoms with Crippen LogP contribution in [0.3, 0.4) is 0 Å². The fraction of sp³-hybridized carbons (Fsp3) is 0.724. The molecule has 0 aromatic carbocycles. The van der Waals surface area contributed by atoms with Crippen molar-refractivity contribution in [3.05, 3.63) is 49.1 Å². The van der Waals surface area contributed by atoms with Gasteiger partial charge in [0.25, 0.3) is 0 Å². The maximum atomic E-state index is 4.41. The monoisotopic (exact) mass is 402 g/mol. The Labute approximate surface area is 185 Å². The molecule has 2 saturated carbocycles. The van der Waals surface area contributed by atoms with Crippen molar-refractivity contribution in [3.63, 3.8) is 0 Å². The van der Waals surface area contributed by atoms with E-state index in [9.17, 15) is 0 Å². The second-order valence-corrected chi connectivity index (χ2v) is 9.86. The highest BCUT2D eigenvalue weighted by Gasteiger charge is 2.30. The minimum absolute atomic E-state index is 0.783. The highest BCUT2D eigenvalue weighted by atomic mass is 14.4. The molecule has 0 spiro atoms. The van der Waals surface area contributed by atoms with Gasteiger partial charge < -0.3 is 0 Å². The SMILES string of the molecule is C=C.C=C1CCCCC1C(CC(C)C)C(C)CC(C)=C(C)C.C=CC.CC1CC1. The van der Waals surface area contributed by atoms with E-state index in [0.29, 0.717) is 0 Å². The van der Waals surface area contributed by atoms with Gasteiger partial charge in [0.05, 0.1) is 0 Å². The average Bonchev–Trinajstić information content (AvgIpc) is 3.45. The van der Waals surface area contributed by atoms with E-state index < -0.39 is 0 Å². The van der Waals surface area contributed by atoms with Gasteiger partial charge in [-0.25, -0.2) is 0 Å². The van der Waals surface area contributed by atoms with Crippen LogP contribution < -0.4 is 0 Å². The van der Waals surface area contributed by atoms with Crippen LogP contribution in [0.25, 0.3) is 0 Å². The molecule has 3 unspecified atom stereocenters. The van der Waals surface area contributed by atoms with Crippen LogP contribution in [-0.2, 0) is 0 Å². The molecular weight excluding hydrogens is 348 g/mol. The highest BCUT2D eigenvalue weighted by molar-refractivity contribution is 5.10. The Morgan fingerprint density at radius 1 is 1.03 bits per heavy atom. The van der Waals surface area contributed by atoms with Crippen LogP contribution in [-0.4, -0.2) is 0 Å². The van der Waals surface area contributed by atoms with Crippen molar-refractivity contribution in [1.82, 2.24) is 0 Å². The third kappa shape index (κ3) is 15.5. The third-order valence-corrected chi connectivity index (χ3v) is 6.13. The Kier molecular flexibility index (Phi) is 18.5. The van der Waals surface area contributed by atoms with Crippen LogP contribution in [0.15, 0.2) is 49.1 Å². The van der Waals surface area contributed by atoms with Crippen LogP contribution >= 0.6 is 0 Å². The quantitative estimate of drug-likeness (QED) is 0.387. The van der Waals surface area contributed by atoms with Crippen LogP contribution in [0.5, 0.6) is 0 Å². The summed E-state index contributed by atoms with van der Waals surface area (Å²) < 4.78 is 0. The lowest BCUT2D eigenvalue weighted by molar-refractivity contribution is 0.198. The lowest BCUT2D eigenvalue weighted by Crippen LogP contribution is -2.27. The predicted molar refractivity (Wildman–Crippen MR) is 137 cm³/mol. The van der Waals surface area contributed by atoms with E-state index in [1.807, 2.05) is 6.92 Å². The number of hydrogen-bond acceptors (Lipinski definition) is 0. The van der Waals surface area contributed by atoms with Crippen molar-refractivity contribution in [2.45, 2.75) is 107 Å². The van der Waals surface area contributed by atoms with Crippen molar-refractivity contribution >= 4 is 0 Å². The zero-order chi connectivity index (χ0) is 23.0. The molecule has 0 saturated heterocycles. The first kappa shape index (κ1) is 30.2. The molecule has 0 aliphatic heterocycles. The first-order valence-electron chi connectivity index (χ1n) is 12.0. The topological polar surface area (TPSA) is 0 Å². The predicted octanol–water partition coefficient (Wildman–Crippen LogP) is 10.2. The largest absolute Gasteiger partial charge is 0.106 e. The van der Waals surface area contributed by atoms with Crippen LogP contribution in [0, 0.1) is 29.6 Å². The van der Waals surface area contributed by atoms with E-state index in [0.717, 1.165) is 29.6 Å². The van der Waals surface area contributed by atoms with Gasteiger partial charge in [-0.15, -0.1) is 19.7 Å². The van der Waals surface area contributed by atoms with Crippen molar-refractivity contribution in [2.24, 2.45) is 29.6 Å². The zero-order valence-corrected chi connectivity index (χ0v) is 21.4. The molecule has 29 heavy (non-hydrogen) atoms. The Balaban J connectivity index is 0. The molecule has 0 aromatic rings. The van der Waals surface area contributed by atoms with E-state index >= 15 is 0 Å². The summed E-state index contributed by atoms with van der Waals surface area (Å²) in [5.41, 5.74) is 4.64. The van der Waals surface area contributed by atoms with E-state index in [2.05, 4.69) is 74.8 Å². The van der Waals surface area contributed by atoms with Crippen LogP contribution in [0.1, 0.15) is 107 Å². The van der Waals surface area contributed by atoms with E-state index in [-0.39, 0.29) is 0 Å². The number of rotatable bonds is 6. The lowest BCUT2D eigenvalue weighted by Gasteiger charge is -2.37. The molecule has 0 bridgehead atoms. The molecule has 0 N–H and O–H groups in total. The molecule has 170 valence electrons. The van der Waals surface area contributed by atoms with Crippen LogP contribution in [0.2, 0.25) is 0 Å². The fourth-order valence-electron chi connectivity index (χ4n) is 3.97. The summed E-state index contributed by atoms with van der Waals surface area (Å²) in [6.45, 7) is 32.0. The average molecular weight is 403 g/mol.